The van der Waals surface area contributed by atoms with Crippen molar-refractivity contribution in [2.75, 3.05) is 13.1 Å². The standard InChI is InChI=1S/C20H22ClNO3/c1-14-11-17(21)6-9-19(14)25-18-7-4-15(5-8-18)12-22-10-2-3-16(13-22)20(23)24/h4-9,11,16H,2-3,10,12-13H2,1H3,(H,23,24). The van der Waals surface area contributed by atoms with Gasteiger partial charge in [0.2, 0.25) is 0 Å². The second kappa shape index (κ2) is 7.89. The van der Waals surface area contributed by atoms with Crippen LogP contribution in [0.25, 0.3) is 0 Å². The second-order valence-electron chi connectivity index (χ2n) is 6.57. The molecular formula is C20H22ClNO3. The van der Waals surface area contributed by atoms with Crippen LogP contribution in [0.5, 0.6) is 11.5 Å². The first-order valence-corrected chi connectivity index (χ1v) is 8.87. The van der Waals surface area contributed by atoms with Crippen LogP contribution in [0, 0.1) is 12.8 Å². The van der Waals surface area contributed by atoms with Crippen molar-refractivity contribution < 1.29 is 14.6 Å². The van der Waals surface area contributed by atoms with E-state index in [1.165, 1.54) is 0 Å². The summed E-state index contributed by atoms with van der Waals surface area (Å²) in [5.74, 6) is 0.629. The van der Waals surface area contributed by atoms with Gasteiger partial charge in [-0.15, -0.1) is 0 Å². The highest BCUT2D eigenvalue weighted by Crippen LogP contribution is 2.28. The molecule has 1 fully saturated rings. The maximum atomic E-state index is 11.2. The van der Waals surface area contributed by atoms with Gasteiger partial charge in [-0.1, -0.05) is 23.7 Å². The minimum Gasteiger partial charge on any atom is -0.481 e. The predicted octanol–water partition coefficient (Wildman–Crippen LogP) is 4.74. The van der Waals surface area contributed by atoms with Crippen molar-refractivity contribution in [2.24, 2.45) is 5.92 Å². The third kappa shape index (κ3) is 4.74. The van der Waals surface area contributed by atoms with E-state index in [4.69, 9.17) is 16.3 Å². The number of carboxylic acids is 1. The normalized spacial score (nSPS) is 18.1. The van der Waals surface area contributed by atoms with Gasteiger partial charge in [-0.2, -0.15) is 0 Å². The number of hydrogen-bond donors (Lipinski definition) is 1. The summed E-state index contributed by atoms with van der Waals surface area (Å²) in [6, 6.07) is 13.5. The van der Waals surface area contributed by atoms with Crippen LogP contribution in [0.4, 0.5) is 0 Å². The summed E-state index contributed by atoms with van der Waals surface area (Å²) in [4.78, 5) is 13.4. The summed E-state index contributed by atoms with van der Waals surface area (Å²) in [5.41, 5.74) is 2.15. The van der Waals surface area contributed by atoms with Gasteiger partial charge in [-0.3, -0.25) is 9.69 Å². The lowest BCUT2D eigenvalue weighted by molar-refractivity contribution is -0.143. The molecule has 2 aromatic carbocycles. The summed E-state index contributed by atoms with van der Waals surface area (Å²) < 4.78 is 5.91. The molecule has 0 bridgehead atoms. The molecule has 1 saturated heterocycles. The lowest BCUT2D eigenvalue weighted by atomic mass is 9.98. The first-order chi connectivity index (χ1) is 12.0. The number of likely N-dealkylation sites (tertiary alicyclic amines) is 1. The molecule has 0 spiro atoms. The van der Waals surface area contributed by atoms with E-state index in [0.717, 1.165) is 48.6 Å². The topological polar surface area (TPSA) is 49.8 Å². The first kappa shape index (κ1) is 17.8. The molecule has 5 heteroatoms. The smallest absolute Gasteiger partial charge is 0.307 e. The van der Waals surface area contributed by atoms with Crippen LogP contribution in [-0.4, -0.2) is 29.1 Å². The number of carboxylic acid groups (broad SMARTS) is 1. The SMILES string of the molecule is Cc1cc(Cl)ccc1Oc1ccc(CN2CCCC(C(=O)O)C2)cc1. The van der Waals surface area contributed by atoms with Gasteiger partial charge in [-0.05, 0) is 67.8 Å². The molecule has 1 unspecified atom stereocenters. The Bertz CT molecular complexity index is 745. The number of piperidine rings is 1. The Kier molecular flexibility index (Phi) is 5.61. The van der Waals surface area contributed by atoms with Gasteiger partial charge >= 0.3 is 5.97 Å². The Morgan fingerprint density at radius 3 is 2.72 bits per heavy atom. The number of aryl methyl sites for hydroxylation is 1. The highest BCUT2D eigenvalue weighted by molar-refractivity contribution is 6.30. The van der Waals surface area contributed by atoms with E-state index in [1.54, 1.807) is 0 Å². The number of rotatable bonds is 5. The molecule has 0 saturated carbocycles. The molecule has 0 aliphatic carbocycles. The zero-order chi connectivity index (χ0) is 17.8. The van der Waals surface area contributed by atoms with E-state index in [1.807, 2.05) is 49.4 Å². The number of hydrogen-bond acceptors (Lipinski definition) is 3. The van der Waals surface area contributed by atoms with Crippen molar-refractivity contribution in [1.29, 1.82) is 0 Å². The van der Waals surface area contributed by atoms with Crippen molar-refractivity contribution in [2.45, 2.75) is 26.3 Å². The highest BCUT2D eigenvalue weighted by Gasteiger charge is 2.25. The number of benzene rings is 2. The molecule has 0 aromatic heterocycles. The first-order valence-electron chi connectivity index (χ1n) is 8.49. The van der Waals surface area contributed by atoms with Gasteiger partial charge in [0.1, 0.15) is 11.5 Å². The predicted molar refractivity (Wildman–Crippen MR) is 98.3 cm³/mol. The van der Waals surface area contributed by atoms with Crippen LogP contribution in [0.1, 0.15) is 24.0 Å². The summed E-state index contributed by atoms with van der Waals surface area (Å²) in [6.07, 6.45) is 1.72. The monoisotopic (exact) mass is 359 g/mol. The molecule has 1 aliphatic rings. The van der Waals surface area contributed by atoms with Crippen molar-refractivity contribution in [1.82, 2.24) is 4.90 Å². The summed E-state index contributed by atoms with van der Waals surface area (Å²) in [5, 5.41) is 9.88. The quantitative estimate of drug-likeness (QED) is 0.837. The van der Waals surface area contributed by atoms with Gasteiger partial charge in [0, 0.05) is 18.1 Å². The van der Waals surface area contributed by atoms with Crippen LogP contribution >= 0.6 is 11.6 Å². The van der Waals surface area contributed by atoms with Crippen molar-refractivity contribution in [3.8, 4) is 11.5 Å². The van der Waals surface area contributed by atoms with Crippen LogP contribution in [0.3, 0.4) is 0 Å². The lowest BCUT2D eigenvalue weighted by Gasteiger charge is -2.30. The number of halogens is 1. The zero-order valence-electron chi connectivity index (χ0n) is 14.2. The molecule has 132 valence electrons. The lowest BCUT2D eigenvalue weighted by Crippen LogP contribution is -2.38. The Morgan fingerprint density at radius 2 is 2.04 bits per heavy atom. The van der Waals surface area contributed by atoms with E-state index >= 15 is 0 Å². The maximum Gasteiger partial charge on any atom is 0.307 e. The Hall–Kier alpha value is -2.04. The number of aliphatic carboxylic acids is 1. The molecule has 1 N–H and O–H groups in total. The third-order valence-corrected chi connectivity index (χ3v) is 4.78. The van der Waals surface area contributed by atoms with E-state index in [9.17, 15) is 9.90 Å². The minimum absolute atomic E-state index is 0.246. The summed E-state index contributed by atoms with van der Waals surface area (Å²) >= 11 is 5.97. The number of nitrogens with zero attached hydrogens (tertiary/aromatic N) is 1. The highest BCUT2D eigenvalue weighted by atomic mass is 35.5. The molecule has 2 aromatic rings. The second-order valence-corrected chi connectivity index (χ2v) is 7.00. The van der Waals surface area contributed by atoms with E-state index in [0.29, 0.717) is 11.6 Å². The van der Waals surface area contributed by atoms with Gasteiger partial charge < -0.3 is 9.84 Å². The minimum atomic E-state index is -0.688. The Labute approximate surface area is 153 Å². The molecule has 1 atom stereocenters. The molecule has 0 amide bonds. The average molecular weight is 360 g/mol. The molecule has 4 nitrogen and oxygen atoms in total. The molecular weight excluding hydrogens is 338 g/mol. The van der Waals surface area contributed by atoms with Gasteiger partial charge in [-0.25, -0.2) is 0 Å². The van der Waals surface area contributed by atoms with Crippen molar-refractivity contribution in [3.63, 3.8) is 0 Å². The van der Waals surface area contributed by atoms with Crippen LogP contribution in [0.2, 0.25) is 5.02 Å². The fourth-order valence-corrected chi connectivity index (χ4v) is 3.40. The largest absolute Gasteiger partial charge is 0.481 e. The fraction of sp³-hybridized carbons (Fsp3) is 0.350. The van der Waals surface area contributed by atoms with E-state index in [2.05, 4.69) is 4.90 Å². The van der Waals surface area contributed by atoms with Gasteiger partial charge in [0.15, 0.2) is 0 Å². The van der Waals surface area contributed by atoms with Gasteiger partial charge in [0.05, 0.1) is 5.92 Å². The van der Waals surface area contributed by atoms with Crippen LogP contribution in [0.15, 0.2) is 42.5 Å². The van der Waals surface area contributed by atoms with Crippen LogP contribution in [-0.2, 0) is 11.3 Å². The molecule has 1 heterocycles. The number of ether oxygens (including phenoxy) is 1. The fourth-order valence-electron chi connectivity index (χ4n) is 3.18. The molecule has 3 rings (SSSR count). The Balaban J connectivity index is 1.61. The van der Waals surface area contributed by atoms with Crippen LogP contribution < -0.4 is 4.74 Å². The Morgan fingerprint density at radius 1 is 1.28 bits per heavy atom. The molecule has 25 heavy (non-hydrogen) atoms. The maximum absolute atomic E-state index is 11.2. The van der Waals surface area contributed by atoms with Crippen molar-refractivity contribution in [3.05, 3.63) is 58.6 Å². The summed E-state index contributed by atoms with van der Waals surface area (Å²) in [7, 11) is 0. The number of carbonyl (C=O) groups is 1. The molecule has 0 radical (unpaired) electrons. The average Bonchev–Trinajstić information content (AvgIpc) is 2.59. The zero-order valence-corrected chi connectivity index (χ0v) is 15.0. The van der Waals surface area contributed by atoms with E-state index < -0.39 is 5.97 Å². The summed E-state index contributed by atoms with van der Waals surface area (Å²) in [6.45, 7) is 4.30. The van der Waals surface area contributed by atoms with Gasteiger partial charge in [0.25, 0.3) is 0 Å². The van der Waals surface area contributed by atoms with E-state index in [-0.39, 0.29) is 5.92 Å². The third-order valence-electron chi connectivity index (χ3n) is 4.55. The van der Waals surface area contributed by atoms with Crippen molar-refractivity contribution >= 4 is 17.6 Å². The molecule has 1 aliphatic heterocycles.